The minimum atomic E-state index is -0.620. The van der Waals surface area contributed by atoms with E-state index in [9.17, 15) is 19.7 Å². The predicted octanol–water partition coefficient (Wildman–Crippen LogP) is 3.16. The highest BCUT2D eigenvalue weighted by Crippen LogP contribution is 2.21. The molecule has 26 heavy (non-hydrogen) atoms. The molecule has 0 saturated heterocycles. The molecule has 8 nitrogen and oxygen atoms in total. The Hall–Kier alpha value is -3.04. The Labute approximate surface area is 158 Å². The number of non-ortho nitro benzene ring substituents is 1. The second kappa shape index (κ2) is 8.37. The molecule has 0 fully saturated rings. The van der Waals surface area contributed by atoms with Crippen LogP contribution in [0.5, 0.6) is 0 Å². The van der Waals surface area contributed by atoms with E-state index in [0.717, 1.165) is 6.07 Å². The van der Waals surface area contributed by atoms with Gasteiger partial charge in [-0.2, -0.15) is 0 Å². The number of anilines is 1. The van der Waals surface area contributed by atoms with Crippen molar-refractivity contribution in [3.8, 4) is 0 Å². The van der Waals surface area contributed by atoms with Crippen LogP contribution in [0.3, 0.4) is 0 Å². The van der Waals surface area contributed by atoms with Gasteiger partial charge in [0.25, 0.3) is 11.6 Å². The number of carbonyl (C=O) groups is 2. The number of nitrogens with zero attached hydrogens (tertiary/aromatic N) is 1. The highest BCUT2D eigenvalue weighted by Gasteiger charge is 2.14. The molecule has 10 heteroatoms. The number of rotatable bonds is 4. The second-order valence-corrected chi connectivity index (χ2v) is 5.72. The van der Waals surface area contributed by atoms with Gasteiger partial charge in [0.2, 0.25) is 0 Å². The van der Waals surface area contributed by atoms with Gasteiger partial charge in [0.15, 0.2) is 5.11 Å². The van der Waals surface area contributed by atoms with Crippen LogP contribution in [0.15, 0.2) is 42.5 Å². The van der Waals surface area contributed by atoms with Crippen molar-refractivity contribution in [1.29, 1.82) is 0 Å². The predicted molar refractivity (Wildman–Crippen MR) is 99.6 cm³/mol. The number of amides is 1. The van der Waals surface area contributed by atoms with Crippen LogP contribution in [0.1, 0.15) is 20.7 Å². The van der Waals surface area contributed by atoms with E-state index in [4.69, 9.17) is 23.8 Å². The van der Waals surface area contributed by atoms with Crippen molar-refractivity contribution >= 4 is 52.2 Å². The van der Waals surface area contributed by atoms with Gasteiger partial charge in [0.05, 0.1) is 22.6 Å². The maximum atomic E-state index is 12.1. The summed E-state index contributed by atoms with van der Waals surface area (Å²) in [7, 11) is 1.22. The molecular weight excluding hydrogens is 382 g/mol. The monoisotopic (exact) mass is 393 g/mol. The third-order valence-corrected chi connectivity index (χ3v) is 3.71. The molecule has 134 valence electrons. The van der Waals surface area contributed by atoms with E-state index in [-0.39, 0.29) is 26.9 Å². The molecule has 2 aromatic carbocycles. The van der Waals surface area contributed by atoms with Crippen molar-refractivity contribution in [1.82, 2.24) is 5.32 Å². The first-order valence-electron chi connectivity index (χ1n) is 7.06. The second-order valence-electron chi connectivity index (χ2n) is 4.90. The first-order chi connectivity index (χ1) is 12.3. The van der Waals surface area contributed by atoms with Gasteiger partial charge in [-0.25, -0.2) is 4.79 Å². The third kappa shape index (κ3) is 4.74. The number of esters is 1. The zero-order valence-electron chi connectivity index (χ0n) is 13.3. The Balaban J connectivity index is 2.09. The van der Waals surface area contributed by atoms with Crippen LogP contribution in [0.2, 0.25) is 5.02 Å². The van der Waals surface area contributed by atoms with Crippen molar-refractivity contribution in [2.45, 2.75) is 0 Å². The average Bonchev–Trinajstić information content (AvgIpc) is 2.62. The SMILES string of the molecule is COC(=O)c1cc(NC(=S)NC(=O)c2cccc([N+](=O)[O-])c2)ccc1Cl. The fourth-order valence-electron chi connectivity index (χ4n) is 1.97. The quantitative estimate of drug-likeness (QED) is 0.355. The fourth-order valence-corrected chi connectivity index (χ4v) is 2.37. The smallest absolute Gasteiger partial charge is 0.339 e. The number of nitro benzene ring substituents is 1. The molecule has 0 atom stereocenters. The van der Waals surface area contributed by atoms with Gasteiger partial charge in [0, 0.05) is 23.4 Å². The summed E-state index contributed by atoms with van der Waals surface area (Å²) in [5.41, 5.74) is 0.401. The van der Waals surface area contributed by atoms with Crippen LogP contribution in [0, 0.1) is 10.1 Å². The molecule has 0 heterocycles. The van der Waals surface area contributed by atoms with Crippen molar-refractivity contribution in [3.63, 3.8) is 0 Å². The number of thiocarbonyl (C=S) groups is 1. The summed E-state index contributed by atoms with van der Waals surface area (Å²) in [4.78, 5) is 33.9. The number of nitro groups is 1. The number of benzene rings is 2. The van der Waals surface area contributed by atoms with Crippen LogP contribution < -0.4 is 10.6 Å². The fraction of sp³-hybridized carbons (Fsp3) is 0.0625. The lowest BCUT2D eigenvalue weighted by Gasteiger charge is -2.11. The highest BCUT2D eigenvalue weighted by atomic mass is 35.5. The normalized spacial score (nSPS) is 9.92. The molecule has 0 aromatic heterocycles. The standard InChI is InChI=1S/C16H12ClN3O5S/c1-25-15(22)12-8-10(5-6-13(12)17)18-16(26)19-14(21)9-3-2-4-11(7-9)20(23)24/h2-8H,1H3,(H2,18,19,21,26). The first-order valence-corrected chi connectivity index (χ1v) is 7.85. The van der Waals surface area contributed by atoms with Crippen LogP contribution in [-0.2, 0) is 4.74 Å². The first kappa shape index (κ1) is 19.3. The molecule has 0 unspecified atom stereocenters. The molecule has 1 amide bonds. The summed E-state index contributed by atoms with van der Waals surface area (Å²) in [6.45, 7) is 0. The molecular formula is C16H12ClN3O5S. The Morgan fingerprint density at radius 2 is 1.96 bits per heavy atom. The number of hydrogen-bond donors (Lipinski definition) is 2. The third-order valence-electron chi connectivity index (χ3n) is 3.18. The Kier molecular flexibility index (Phi) is 6.21. The number of methoxy groups -OCH3 is 1. The lowest BCUT2D eigenvalue weighted by molar-refractivity contribution is -0.384. The van der Waals surface area contributed by atoms with Crippen molar-refractivity contribution in [2.75, 3.05) is 12.4 Å². The van der Waals surface area contributed by atoms with Crippen LogP contribution >= 0.6 is 23.8 Å². The Morgan fingerprint density at radius 1 is 1.23 bits per heavy atom. The zero-order valence-corrected chi connectivity index (χ0v) is 14.9. The van der Waals surface area contributed by atoms with Crippen LogP contribution in [-0.4, -0.2) is 29.0 Å². The summed E-state index contributed by atoms with van der Waals surface area (Å²) < 4.78 is 4.62. The Bertz CT molecular complexity index is 903. The molecule has 2 aromatic rings. The van der Waals surface area contributed by atoms with Gasteiger partial charge >= 0.3 is 5.97 Å². The topological polar surface area (TPSA) is 111 Å². The van der Waals surface area contributed by atoms with Gasteiger partial charge in [-0.3, -0.25) is 20.2 Å². The summed E-state index contributed by atoms with van der Waals surface area (Å²) in [5, 5.41) is 16.0. The zero-order chi connectivity index (χ0) is 19.3. The van der Waals surface area contributed by atoms with Gasteiger partial charge in [-0.05, 0) is 36.5 Å². The molecule has 0 saturated carbocycles. The summed E-state index contributed by atoms with van der Waals surface area (Å²) in [6.07, 6.45) is 0. The average molecular weight is 394 g/mol. The summed E-state index contributed by atoms with van der Waals surface area (Å²) in [5.74, 6) is -1.24. The summed E-state index contributed by atoms with van der Waals surface area (Å²) >= 11 is 11.0. The number of halogens is 1. The number of nitrogens with one attached hydrogen (secondary N) is 2. The minimum Gasteiger partial charge on any atom is -0.465 e. The van der Waals surface area contributed by atoms with E-state index in [0.29, 0.717) is 5.69 Å². The molecule has 0 aliphatic heterocycles. The van der Waals surface area contributed by atoms with E-state index in [1.54, 1.807) is 6.07 Å². The molecule has 0 bridgehead atoms. The lowest BCUT2D eigenvalue weighted by atomic mass is 10.2. The lowest BCUT2D eigenvalue weighted by Crippen LogP contribution is -2.34. The maximum Gasteiger partial charge on any atom is 0.339 e. The van der Waals surface area contributed by atoms with E-state index in [2.05, 4.69) is 15.4 Å². The van der Waals surface area contributed by atoms with Crippen LogP contribution in [0.25, 0.3) is 0 Å². The molecule has 0 aliphatic carbocycles. The summed E-state index contributed by atoms with van der Waals surface area (Å²) in [6, 6.07) is 9.67. The van der Waals surface area contributed by atoms with Gasteiger partial charge in [0.1, 0.15) is 0 Å². The van der Waals surface area contributed by atoms with E-state index < -0.39 is 16.8 Å². The Morgan fingerprint density at radius 3 is 2.62 bits per heavy atom. The van der Waals surface area contributed by atoms with E-state index >= 15 is 0 Å². The number of hydrogen-bond acceptors (Lipinski definition) is 6. The van der Waals surface area contributed by atoms with E-state index in [1.165, 1.54) is 37.4 Å². The van der Waals surface area contributed by atoms with Gasteiger partial charge in [-0.1, -0.05) is 17.7 Å². The maximum absolute atomic E-state index is 12.1. The minimum absolute atomic E-state index is 0.0559. The van der Waals surface area contributed by atoms with Crippen LogP contribution in [0.4, 0.5) is 11.4 Å². The molecule has 0 radical (unpaired) electrons. The van der Waals surface area contributed by atoms with Crippen molar-refractivity contribution in [3.05, 3.63) is 68.7 Å². The highest BCUT2D eigenvalue weighted by molar-refractivity contribution is 7.80. The van der Waals surface area contributed by atoms with Crippen molar-refractivity contribution < 1.29 is 19.2 Å². The molecule has 0 aliphatic rings. The molecule has 2 N–H and O–H groups in total. The molecule has 0 spiro atoms. The van der Waals surface area contributed by atoms with E-state index in [1.807, 2.05) is 0 Å². The largest absolute Gasteiger partial charge is 0.465 e. The van der Waals surface area contributed by atoms with Gasteiger partial charge in [-0.15, -0.1) is 0 Å². The number of ether oxygens (including phenoxy) is 1. The number of carbonyl (C=O) groups excluding carboxylic acids is 2. The van der Waals surface area contributed by atoms with Gasteiger partial charge < -0.3 is 10.1 Å². The molecule has 2 rings (SSSR count). The van der Waals surface area contributed by atoms with Crippen molar-refractivity contribution in [2.24, 2.45) is 0 Å².